The van der Waals surface area contributed by atoms with Crippen molar-refractivity contribution in [2.45, 2.75) is 24.7 Å². The van der Waals surface area contributed by atoms with Crippen molar-refractivity contribution in [3.63, 3.8) is 0 Å². The van der Waals surface area contributed by atoms with Crippen LogP contribution in [-0.4, -0.2) is 24.0 Å². The van der Waals surface area contributed by atoms with E-state index >= 15 is 0 Å². The summed E-state index contributed by atoms with van der Waals surface area (Å²) >= 11 is 0. The van der Waals surface area contributed by atoms with Crippen molar-refractivity contribution in [2.24, 2.45) is 5.92 Å². The maximum Gasteiger partial charge on any atom is 0.314 e. The highest BCUT2D eigenvalue weighted by Crippen LogP contribution is 2.47. The first-order valence-electron chi connectivity index (χ1n) is 7.78. The van der Waals surface area contributed by atoms with Gasteiger partial charge in [-0.1, -0.05) is 60.7 Å². The van der Waals surface area contributed by atoms with Gasteiger partial charge in [0.05, 0.1) is 7.11 Å². The number of esters is 1. The monoisotopic (exact) mass is 328 g/mol. The number of ether oxygens (including phenoxy) is 1. The molecule has 1 aliphatic rings. The maximum absolute atomic E-state index is 12.2. The number of hydrogen-bond acceptors (Lipinski definition) is 5. The van der Waals surface area contributed by atoms with Gasteiger partial charge in [-0.15, -0.1) is 0 Å². The first-order chi connectivity index (χ1) is 11.5. The van der Waals surface area contributed by atoms with Crippen LogP contribution in [0.4, 0.5) is 0 Å². The standard InChI is InChI=1S/C19H20O5/c1-18(21)16(17(20)22-2)13-19(24-23-18,14-9-5-3-6-10-14)15-11-7-4-8-12-15/h3-12,16,21H,13H2,1-2H3. The lowest BCUT2D eigenvalue weighted by atomic mass is 9.76. The predicted octanol–water partition coefficient (Wildman–Crippen LogP) is 2.78. The lowest BCUT2D eigenvalue weighted by molar-refractivity contribution is -0.489. The quantitative estimate of drug-likeness (QED) is 0.693. The highest BCUT2D eigenvalue weighted by atomic mass is 17.2. The van der Waals surface area contributed by atoms with E-state index in [0.717, 1.165) is 11.1 Å². The van der Waals surface area contributed by atoms with Gasteiger partial charge in [-0.2, -0.15) is 4.89 Å². The minimum atomic E-state index is -1.76. The van der Waals surface area contributed by atoms with Gasteiger partial charge in [0.2, 0.25) is 5.79 Å². The summed E-state index contributed by atoms with van der Waals surface area (Å²) < 4.78 is 4.86. The molecule has 0 aliphatic carbocycles. The average molecular weight is 328 g/mol. The van der Waals surface area contributed by atoms with Crippen molar-refractivity contribution in [3.8, 4) is 0 Å². The van der Waals surface area contributed by atoms with E-state index in [0.29, 0.717) is 0 Å². The van der Waals surface area contributed by atoms with E-state index in [-0.39, 0.29) is 6.42 Å². The van der Waals surface area contributed by atoms with Crippen LogP contribution in [0, 0.1) is 5.92 Å². The molecule has 3 rings (SSSR count). The zero-order valence-corrected chi connectivity index (χ0v) is 13.6. The highest BCUT2D eigenvalue weighted by Gasteiger charge is 2.54. The van der Waals surface area contributed by atoms with Crippen molar-refractivity contribution >= 4 is 5.97 Å². The molecule has 2 unspecified atom stereocenters. The molecule has 1 fully saturated rings. The van der Waals surface area contributed by atoms with Crippen LogP contribution in [0.1, 0.15) is 24.5 Å². The molecule has 0 spiro atoms. The Hall–Kier alpha value is -2.21. The average Bonchev–Trinajstić information content (AvgIpc) is 2.63. The van der Waals surface area contributed by atoms with E-state index in [1.54, 1.807) is 0 Å². The third-order valence-corrected chi connectivity index (χ3v) is 4.46. The van der Waals surface area contributed by atoms with Gasteiger partial charge in [0.1, 0.15) is 5.92 Å². The number of carbonyl (C=O) groups excluding carboxylic acids is 1. The molecule has 0 saturated carbocycles. The van der Waals surface area contributed by atoms with Crippen LogP contribution >= 0.6 is 0 Å². The lowest BCUT2D eigenvalue weighted by Crippen LogP contribution is -2.53. The van der Waals surface area contributed by atoms with Crippen LogP contribution in [0.5, 0.6) is 0 Å². The Bertz CT molecular complexity index is 657. The van der Waals surface area contributed by atoms with Gasteiger partial charge >= 0.3 is 5.97 Å². The molecule has 0 radical (unpaired) electrons. The first kappa shape index (κ1) is 16.6. The minimum Gasteiger partial charge on any atom is -0.469 e. The molecular weight excluding hydrogens is 308 g/mol. The van der Waals surface area contributed by atoms with Crippen molar-refractivity contribution in [2.75, 3.05) is 7.11 Å². The molecule has 1 heterocycles. The summed E-state index contributed by atoms with van der Waals surface area (Å²) in [6.45, 7) is 1.40. The van der Waals surface area contributed by atoms with E-state index in [9.17, 15) is 9.90 Å². The normalized spacial score (nSPS) is 25.9. The molecule has 0 bridgehead atoms. The Kier molecular flexibility index (Phi) is 4.41. The van der Waals surface area contributed by atoms with Gasteiger partial charge < -0.3 is 9.84 Å². The molecule has 126 valence electrons. The Labute approximate surface area is 140 Å². The van der Waals surface area contributed by atoms with E-state index in [2.05, 4.69) is 0 Å². The second-order valence-electron chi connectivity index (χ2n) is 6.06. The Morgan fingerprint density at radius 1 is 1.04 bits per heavy atom. The summed E-state index contributed by atoms with van der Waals surface area (Å²) in [5.74, 6) is -3.20. The lowest BCUT2D eigenvalue weighted by Gasteiger charge is -2.45. The second kappa shape index (κ2) is 6.36. The molecule has 2 aromatic rings. The summed E-state index contributed by atoms with van der Waals surface area (Å²) in [7, 11) is 1.29. The molecule has 2 atom stereocenters. The van der Waals surface area contributed by atoms with Gasteiger partial charge in [-0.3, -0.25) is 4.79 Å². The topological polar surface area (TPSA) is 65.0 Å². The summed E-state index contributed by atoms with van der Waals surface area (Å²) in [5.41, 5.74) is 0.657. The summed E-state index contributed by atoms with van der Waals surface area (Å²) in [5, 5.41) is 10.4. The van der Waals surface area contributed by atoms with Crippen LogP contribution in [0.25, 0.3) is 0 Å². The van der Waals surface area contributed by atoms with Gasteiger partial charge in [0.15, 0.2) is 5.60 Å². The van der Waals surface area contributed by atoms with Crippen LogP contribution in [-0.2, 0) is 24.9 Å². The Balaban J connectivity index is 2.12. The molecule has 1 saturated heterocycles. The molecule has 2 aromatic carbocycles. The molecule has 24 heavy (non-hydrogen) atoms. The smallest absolute Gasteiger partial charge is 0.314 e. The third kappa shape index (κ3) is 2.82. The summed E-state index contributed by atoms with van der Waals surface area (Å²) in [6.07, 6.45) is 0.195. The Morgan fingerprint density at radius 3 is 2.00 bits per heavy atom. The number of carbonyl (C=O) groups is 1. The number of benzene rings is 2. The van der Waals surface area contributed by atoms with Crippen molar-refractivity contribution in [1.82, 2.24) is 0 Å². The van der Waals surface area contributed by atoms with E-state index < -0.39 is 23.3 Å². The molecule has 1 N–H and O–H groups in total. The number of methoxy groups -OCH3 is 1. The molecule has 0 amide bonds. The maximum atomic E-state index is 12.2. The summed E-state index contributed by atoms with van der Waals surface area (Å²) in [4.78, 5) is 23.2. The first-order valence-corrected chi connectivity index (χ1v) is 7.78. The molecule has 0 aromatic heterocycles. The third-order valence-electron chi connectivity index (χ3n) is 4.46. The van der Waals surface area contributed by atoms with E-state index in [4.69, 9.17) is 14.5 Å². The number of rotatable bonds is 3. The fraction of sp³-hybridized carbons (Fsp3) is 0.316. The van der Waals surface area contributed by atoms with Gasteiger partial charge in [0, 0.05) is 6.42 Å². The van der Waals surface area contributed by atoms with Gasteiger partial charge in [-0.05, 0) is 18.1 Å². The zero-order valence-electron chi connectivity index (χ0n) is 13.6. The largest absolute Gasteiger partial charge is 0.469 e. The van der Waals surface area contributed by atoms with Gasteiger partial charge in [0.25, 0.3) is 0 Å². The number of hydrogen-bond donors (Lipinski definition) is 1. The summed E-state index contributed by atoms with van der Waals surface area (Å²) in [6, 6.07) is 19.0. The Morgan fingerprint density at radius 2 is 1.54 bits per heavy atom. The molecule has 5 heteroatoms. The molecular formula is C19H20O5. The van der Waals surface area contributed by atoms with Crippen LogP contribution in [0.2, 0.25) is 0 Å². The SMILES string of the molecule is COC(=O)C1CC(c2ccccc2)(c2ccccc2)OOC1(C)O. The van der Waals surface area contributed by atoms with Crippen LogP contribution < -0.4 is 0 Å². The van der Waals surface area contributed by atoms with Crippen LogP contribution in [0.3, 0.4) is 0 Å². The van der Waals surface area contributed by atoms with E-state index in [1.807, 2.05) is 60.7 Å². The van der Waals surface area contributed by atoms with Crippen molar-refractivity contribution in [3.05, 3.63) is 71.8 Å². The highest BCUT2D eigenvalue weighted by molar-refractivity contribution is 5.74. The van der Waals surface area contributed by atoms with Gasteiger partial charge in [-0.25, -0.2) is 4.89 Å². The fourth-order valence-electron chi connectivity index (χ4n) is 3.08. The van der Waals surface area contributed by atoms with Crippen LogP contribution in [0.15, 0.2) is 60.7 Å². The fourth-order valence-corrected chi connectivity index (χ4v) is 3.08. The van der Waals surface area contributed by atoms with E-state index in [1.165, 1.54) is 14.0 Å². The number of aliphatic hydroxyl groups is 1. The predicted molar refractivity (Wildman–Crippen MR) is 86.6 cm³/mol. The molecule has 1 aliphatic heterocycles. The van der Waals surface area contributed by atoms with Crippen molar-refractivity contribution in [1.29, 1.82) is 0 Å². The van der Waals surface area contributed by atoms with Crippen molar-refractivity contribution < 1.29 is 24.4 Å². The second-order valence-corrected chi connectivity index (χ2v) is 6.06. The minimum absolute atomic E-state index is 0.195. The zero-order chi connectivity index (χ0) is 17.2. The molecule has 5 nitrogen and oxygen atoms in total.